The topological polar surface area (TPSA) is 65.0 Å². The van der Waals surface area contributed by atoms with Crippen molar-refractivity contribution < 1.29 is 8.83 Å². The first-order chi connectivity index (χ1) is 34.5. The van der Waals surface area contributed by atoms with Crippen LogP contribution in [-0.2, 0) is 0 Å². The van der Waals surface area contributed by atoms with Gasteiger partial charge in [0, 0.05) is 38.4 Å². The maximum atomic E-state index is 6.59. The smallest absolute Gasteiger partial charge is 0.164 e. The molecule has 1 unspecified atom stereocenters. The molecule has 0 N–H and O–H groups in total. The second-order valence-electron chi connectivity index (χ2n) is 18.8. The van der Waals surface area contributed by atoms with Gasteiger partial charge in [0.15, 0.2) is 17.5 Å². The largest absolute Gasteiger partial charge is 0.456 e. The summed E-state index contributed by atoms with van der Waals surface area (Å²) in [5.41, 5.74) is 14.6. The number of furan rings is 2. The number of hydrogen-bond donors (Lipinski definition) is 0. The molecule has 330 valence electrons. The highest BCUT2D eigenvalue weighted by Gasteiger charge is 2.22. The summed E-state index contributed by atoms with van der Waals surface area (Å²) in [6, 6.07) is 69.1. The maximum absolute atomic E-state index is 6.59. The molecular formula is C65H43N3O2. The molecule has 0 saturated heterocycles. The molecule has 14 rings (SSSR count). The van der Waals surface area contributed by atoms with Gasteiger partial charge in [-0.15, -0.1) is 0 Å². The number of hydrogen-bond acceptors (Lipinski definition) is 5. The van der Waals surface area contributed by atoms with Gasteiger partial charge in [0.1, 0.15) is 22.5 Å². The molecule has 0 aliphatic heterocycles. The summed E-state index contributed by atoms with van der Waals surface area (Å²) in [5.74, 6) is 3.27. The molecule has 10 aromatic carbocycles. The van der Waals surface area contributed by atoms with Gasteiger partial charge in [-0.1, -0.05) is 165 Å². The molecule has 1 atom stereocenters. The van der Waals surface area contributed by atoms with E-state index in [1.807, 2.05) is 0 Å². The maximum Gasteiger partial charge on any atom is 0.164 e. The van der Waals surface area contributed by atoms with Gasteiger partial charge in [0.05, 0.1) is 0 Å². The van der Waals surface area contributed by atoms with Crippen molar-refractivity contribution in [3.05, 3.63) is 217 Å². The van der Waals surface area contributed by atoms with E-state index in [2.05, 4.69) is 220 Å². The van der Waals surface area contributed by atoms with Gasteiger partial charge in [-0.05, 0) is 139 Å². The summed E-state index contributed by atoms with van der Waals surface area (Å²) < 4.78 is 13.0. The van der Waals surface area contributed by atoms with Crippen LogP contribution in [0.5, 0.6) is 0 Å². The van der Waals surface area contributed by atoms with Crippen LogP contribution >= 0.6 is 0 Å². The Morgan fingerprint density at radius 3 is 1.90 bits per heavy atom. The van der Waals surface area contributed by atoms with Crippen molar-refractivity contribution in [3.8, 4) is 67.5 Å². The Morgan fingerprint density at radius 1 is 0.400 bits per heavy atom. The summed E-state index contributed by atoms with van der Waals surface area (Å²) in [6.07, 6.45) is 5.36. The molecule has 0 bridgehead atoms. The predicted molar refractivity (Wildman–Crippen MR) is 289 cm³/mol. The fraction of sp³-hybridized carbons (Fsp3) is 0.0615. The molecule has 0 amide bonds. The highest BCUT2D eigenvalue weighted by molar-refractivity contribution is 6.17. The molecule has 13 aromatic rings. The monoisotopic (exact) mass is 897 g/mol. The summed E-state index contributed by atoms with van der Waals surface area (Å²) in [5, 5.41) is 10.3. The first kappa shape index (κ1) is 40.2. The highest BCUT2D eigenvalue weighted by atomic mass is 16.3. The minimum atomic E-state index is 0.432. The van der Waals surface area contributed by atoms with E-state index in [0.29, 0.717) is 23.4 Å². The van der Waals surface area contributed by atoms with E-state index in [-0.39, 0.29) is 0 Å². The van der Waals surface area contributed by atoms with E-state index in [0.717, 1.165) is 106 Å². The van der Waals surface area contributed by atoms with Gasteiger partial charge in [0.25, 0.3) is 0 Å². The number of benzene rings is 10. The standard InChI is InChI=1S/C65H43N3O2/c1-38-11-7-21-58-61(38)55-31-29-46(37-60(55)70-58)45-30-32-57-56(36-45)62-53(19-10-22-59(62)69-57)51-17-8-18-52-50(51)16-9-20-54(52)65-67-63(66-64(68-65)48-33-39(2)49-15-6-5-14-47(49)35-48)42-26-23-41(24-27-42)44-28-25-40-12-3-4-13-43(40)34-44/h3-10,12-38H,11H2,1-2H3. The van der Waals surface area contributed by atoms with Crippen molar-refractivity contribution in [1.82, 2.24) is 15.0 Å². The normalized spacial score (nSPS) is 13.6. The van der Waals surface area contributed by atoms with Gasteiger partial charge in [0.2, 0.25) is 0 Å². The summed E-state index contributed by atoms with van der Waals surface area (Å²) in [6.45, 7) is 4.43. The number of rotatable bonds is 6. The molecule has 3 aromatic heterocycles. The zero-order chi connectivity index (χ0) is 46.5. The van der Waals surface area contributed by atoms with E-state index >= 15 is 0 Å². The third-order valence-electron chi connectivity index (χ3n) is 14.5. The minimum Gasteiger partial charge on any atom is -0.456 e. The first-order valence-electron chi connectivity index (χ1n) is 24.0. The third-order valence-corrected chi connectivity index (χ3v) is 14.5. The highest BCUT2D eigenvalue weighted by Crippen LogP contribution is 2.44. The summed E-state index contributed by atoms with van der Waals surface area (Å²) in [7, 11) is 0. The van der Waals surface area contributed by atoms with Gasteiger partial charge < -0.3 is 8.83 Å². The molecule has 70 heavy (non-hydrogen) atoms. The second-order valence-corrected chi connectivity index (χ2v) is 18.8. The Kier molecular flexibility index (Phi) is 9.08. The molecule has 1 aliphatic rings. The number of aryl methyl sites for hydroxylation is 1. The fourth-order valence-electron chi connectivity index (χ4n) is 11.0. The van der Waals surface area contributed by atoms with Crippen LogP contribution in [0.4, 0.5) is 0 Å². The van der Waals surface area contributed by atoms with Crippen LogP contribution in [0.15, 0.2) is 209 Å². The predicted octanol–water partition coefficient (Wildman–Crippen LogP) is 17.8. The molecule has 5 nitrogen and oxygen atoms in total. The Balaban J connectivity index is 0.901. The fourth-order valence-corrected chi connectivity index (χ4v) is 11.0. The van der Waals surface area contributed by atoms with Crippen LogP contribution in [-0.4, -0.2) is 15.0 Å². The molecular weight excluding hydrogens is 855 g/mol. The number of nitrogens with zero attached hydrogens (tertiary/aromatic N) is 3. The lowest BCUT2D eigenvalue weighted by Gasteiger charge is -2.14. The lowest BCUT2D eigenvalue weighted by molar-refractivity contribution is 0.586. The van der Waals surface area contributed by atoms with Crippen molar-refractivity contribution in [2.24, 2.45) is 0 Å². The number of aromatic nitrogens is 3. The number of fused-ring (bicyclic) bond motifs is 9. The second kappa shape index (κ2) is 15.8. The van der Waals surface area contributed by atoms with Gasteiger partial charge >= 0.3 is 0 Å². The van der Waals surface area contributed by atoms with E-state index in [1.165, 1.54) is 32.7 Å². The average molecular weight is 898 g/mol. The first-order valence-corrected chi connectivity index (χ1v) is 24.0. The van der Waals surface area contributed by atoms with E-state index in [4.69, 9.17) is 23.8 Å². The molecule has 3 heterocycles. The van der Waals surface area contributed by atoms with E-state index in [1.54, 1.807) is 0 Å². The number of allylic oxidation sites excluding steroid dienone is 1. The average Bonchev–Trinajstić information content (AvgIpc) is 3.99. The third kappa shape index (κ3) is 6.57. The zero-order valence-corrected chi connectivity index (χ0v) is 38.6. The molecule has 0 fully saturated rings. The van der Waals surface area contributed by atoms with Crippen molar-refractivity contribution in [1.29, 1.82) is 0 Å². The Morgan fingerprint density at radius 2 is 1.03 bits per heavy atom. The van der Waals surface area contributed by atoms with E-state index < -0.39 is 0 Å². The van der Waals surface area contributed by atoms with Crippen molar-refractivity contribution >= 4 is 71.3 Å². The van der Waals surface area contributed by atoms with Crippen LogP contribution in [0.3, 0.4) is 0 Å². The molecule has 0 saturated carbocycles. The van der Waals surface area contributed by atoms with E-state index in [9.17, 15) is 0 Å². The molecule has 0 spiro atoms. The van der Waals surface area contributed by atoms with Crippen molar-refractivity contribution in [3.63, 3.8) is 0 Å². The lowest BCUT2D eigenvalue weighted by atomic mass is 9.90. The molecule has 1 aliphatic carbocycles. The molecule has 0 radical (unpaired) electrons. The van der Waals surface area contributed by atoms with Gasteiger partial charge in [-0.25, -0.2) is 15.0 Å². The van der Waals surface area contributed by atoms with Crippen LogP contribution < -0.4 is 0 Å². The lowest BCUT2D eigenvalue weighted by Crippen LogP contribution is -2.01. The Hall–Kier alpha value is -8.93. The summed E-state index contributed by atoms with van der Waals surface area (Å²) in [4.78, 5) is 15.8. The quantitative estimate of drug-likeness (QED) is 0.166. The molecule has 5 heteroatoms. The Labute approximate surface area is 404 Å². The van der Waals surface area contributed by atoms with Crippen molar-refractivity contribution in [2.45, 2.75) is 26.2 Å². The zero-order valence-electron chi connectivity index (χ0n) is 38.6. The minimum absolute atomic E-state index is 0.432. The van der Waals surface area contributed by atoms with Crippen LogP contribution in [0, 0.1) is 6.92 Å². The van der Waals surface area contributed by atoms with Crippen LogP contribution in [0.25, 0.3) is 139 Å². The van der Waals surface area contributed by atoms with Crippen LogP contribution in [0.2, 0.25) is 0 Å². The van der Waals surface area contributed by atoms with Gasteiger partial charge in [-0.3, -0.25) is 0 Å². The Bertz CT molecular complexity index is 4310. The van der Waals surface area contributed by atoms with Gasteiger partial charge in [-0.2, -0.15) is 0 Å². The summed E-state index contributed by atoms with van der Waals surface area (Å²) >= 11 is 0. The SMILES string of the molecule is Cc1cc(-c2nc(-c3ccc(-c4ccc5ccccc5c4)cc3)nc(-c3cccc4c(-c5cccc6oc7ccc(-c8ccc9c%10c(oc9c8)C=CCC%10C)cc7c56)cccc34)n2)cc2ccccc12. The van der Waals surface area contributed by atoms with Crippen LogP contribution in [0.1, 0.15) is 36.1 Å². The van der Waals surface area contributed by atoms with Crippen molar-refractivity contribution in [2.75, 3.05) is 0 Å².